The van der Waals surface area contributed by atoms with Crippen LogP contribution >= 0.6 is 0 Å². The maximum atomic E-state index is 12.5. The number of benzene rings is 1. The van der Waals surface area contributed by atoms with E-state index in [1.165, 1.54) is 0 Å². The summed E-state index contributed by atoms with van der Waals surface area (Å²) < 4.78 is 1.69. The smallest absolute Gasteiger partial charge is 0.214 e. The van der Waals surface area contributed by atoms with Crippen LogP contribution in [0.3, 0.4) is 0 Å². The molecule has 0 fully saturated rings. The highest BCUT2D eigenvalue weighted by Gasteiger charge is 2.34. The molecule has 0 atom stereocenters. The van der Waals surface area contributed by atoms with Gasteiger partial charge in [0.05, 0.1) is 0 Å². The second-order valence-electron chi connectivity index (χ2n) is 5.15. The van der Waals surface area contributed by atoms with Gasteiger partial charge in [0.1, 0.15) is 17.2 Å². The molecule has 1 heterocycles. The van der Waals surface area contributed by atoms with E-state index in [2.05, 4.69) is 4.98 Å². The summed E-state index contributed by atoms with van der Waals surface area (Å²) >= 11 is 0. The second-order valence-corrected chi connectivity index (χ2v) is 5.15. The predicted octanol–water partition coefficient (Wildman–Crippen LogP) is 2.62. The molecule has 0 bridgehead atoms. The predicted molar refractivity (Wildman–Crippen MR) is 75.8 cm³/mol. The molecule has 0 unspecified atom stereocenters. The summed E-state index contributed by atoms with van der Waals surface area (Å²) in [4.78, 5) is 29.3. The molecule has 1 aromatic carbocycles. The monoisotopic (exact) mass is 266 g/mol. The lowest BCUT2D eigenvalue weighted by Gasteiger charge is -2.13. The Morgan fingerprint density at radius 2 is 1.70 bits per heavy atom. The van der Waals surface area contributed by atoms with E-state index in [9.17, 15) is 9.59 Å². The molecule has 0 amide bonds. The normalized spacial score (nSPS) is 12.9. The minimum Gasteiger partial charge on any atom is -0.324 e. The Morgan fingerprint density at radius 3 is 2.30 bits per heavy atom. The molecule has 0 saturated heterocycles. The third-order valence-corrected chi connectivity index (χ3v) is 3.39. The Labute approximate surface area is 116 Å². The number of nitrogens with zero attached hydrogens (tertiary/aromatic N) is 2. The summed E-state index contributed by atoms with van der Waals surface area (Å²) in [7, 11) is 1.76. The van der Waals surface area contributed by atoms with Crippen LogP contribution in [-0.2, 0) is 7.05 Å². The van der Waals surface area contributed by atoms with Gasteiger partial charge in [-0.1, -0.05) is 29.8 Å². The van der Waals surface area contributed by atoms with Crippen molar-refractivity contribution in [3.63, 3.8) is 0 Å². The molecule has 4 nitrogen and oxygen atoms in total. The Kier molecular flexibility index (Phi) is 2.67. The van der Waals surface area contributed by atoms with Crippen LogP contribution in [0.4, 0.5) is 0 Å². The van der Waals surface area contributed by atoms with Gasteiger partial charge >= 0.3 is 0 Å². The molecule has 1 aromatic heterocycles. The van der Waals surface area contributed by atoms with E-state index < -0.39 is 0 Å². The van der Waals surface area contributed by atoms with Crippen LogP contribution in [-0.4, -0.2) is 21.1 Å². The first kappa shape index (κ1) is 12.5. The van der Waals surface area contributed by atoms with Crippen LogP contribution in [0.25, 0.3) is 6.08 Å². The summed E-state index contributed by atoms with van der Waals surface area (Å²) in [6.07, 6.45) is 1.86. The summed E-state index contributed by atoms with van der Waals surface area (Å²) in [5.74, 6) is 0.308. The number of rotatable bonds is 1. The van der Waals surface area contributed by atoms with E-state index in [0.29, 0.717) is 22.6 Å². The fourth-order valence-electron chi connectivity index (χ4n) is 2.46. The van der Waals surface area contributed by atoms with E-state index in [-0.39, 0.29) is 17.3 Å². The third kappa shape index (κ3) is 1.65. The number of fused-ring (bicyclic) bond motifs is 2. The van der Waals surface area contributed by atoms with Crippen LogP contribution < -0.4 is 0 Å². The molecule has 0 spiro atoms. The lowest BCUT2D eigenvalue weighted by atomic mass is 9.90. The van der Waals surface area contributed by atoms with Crippen molar-refractivity contribution in [2.45, 2.75) is 13.8 Å². The summed E-state index contributed by atoms with van der Waals surface area (Å²) in [6, 6.07) is 6.89. The van der Waals surface area contributed by atoms with Gasteiger partial charge in [0.25, 0.3) is 0 Å². The Morgan fingerprint density at radius 1 is 1.10 bits per heavy atom. The number of carbonyl (C=O) groups excluding carboxylic acids is 2. The highest BCUT2D eigenvalue weighted by molar-refractivity contribution is 6.27. The topological polar surface area (TPSA) is 52.0 Å². The number of ketones is 2. The van der Waals surface area contributed by atoms with Gasteiger partial charge in [-0.2, -0.15) is 0 Å². The van der Waals surface area contributed by atoms with Crippen LogP contribution in [0.15, 0.2) is 29.8 Å². The SMILES string of the molecule is CC(C)=Cc1nc2c(n1C)C(=O)c1ccccc1C2=O. The first-order valence-electron chi connectivity index (χ1n) is 6.40. The number of hydrogen-bond acceptors (Lipinski definition) is 3. The Balaban J connectivity index is 2.28. The van der Waals surface area contributed by atoms with Crippen molar-refractivity contribution in [2.24, 2.45) is 7.05 Å². The van der Waals surface area contributed by atoms with Crippen LogP contribution in [0.1, 0.15) is 51.8 Å². The lowest BCUT2D eigenvalue weighted by molar-refractivity contribution is 0.0971. The van der Waals surface area contributed by atoms with Crippen LogP contribution in [0.2, 0.25) is 0 Å². The first-order chi connectivity index (χ1) is 9.50. The van der Waals surface area contributed by atoms with Gasteiger partial charge in [0.15, 0.2) is 0 Å². The maximum absolute atomic E-state index is 12.5. The molecule has 3 rings (SSSR count). The standard InChI is InChI=1S/C16H14N2O2/c1-9(2)8-12-17-13-14(18(12)3)16(20)11-7-5-4-6-10(11)15(13)19/h4-8H,1-3H3. The van der Waals surface area contributed by atoms with Gasteiger partial charge < -0.3 is 4.57 Å². The molecule has 4 heteroatoms. The van der Waals surface area contributed by atoms with Gasteiger partial charge in [0.2, 0.25) is 11.6 Å². The fourth-order valence-corrected chi connectivity index (χ4v) is 2.46. The van der Waals surface area contributed by atoms with Crippen molar-refractivity contribution >= 4 is 17.6 Å². The zero-order valence-corrected chi connectivity index (χ0v) is 11.6. The number of carbonyl (C=O) groups is 2. The minimum atomic E-state index is -0.181. The van der Waals surface area contributed by atoms with E-state index >= 15 is 0 Å². The van der Waals surface area contributed by atoms with Crippen molar-refractivity contribution < 1.29 is 9.59 Å². The summed E-state index contributed by atoms with van der Waals surface area (Å²) in [5.41, 5.74) is 2.58. The van der Waals surface area contributed by atoms with Gasteiger partial charge in [-0.3, -0.25) is 9.59 Å². The van der Waals surface area contributed by atoms with Crippen molar-refractivity contribution in [2.75, 3.05) is 0 Å². The average Bonchev–Trinajstić information content (AvgIpc) is 2.73. The highest BCUT2D eigenvalue weighted by atomic mass is 16.1. The average molecular weight is 266 g/mol. The van der Waals surface area contributed by atoms with Gasteiger partial charge in [0, 0.05) is 18.2 Å². The molecule has 1 aliphatic rings. The Bertz CT molecular complexity index is 778. The van der Waals surface area contributed by atoms with Crippen molar-refractivity contribution in [1.82, 2.24) is 9.55 Å². The molecule has 0 aliphatic heterocycles. The molecule has 0 radical (unpaired) electrons. The highest BCUT2D eigenvalue weighted by Crippen LogP contribution is 2.27. The number of hydrogen-bond donors (Lipinski definition) is 0. The maximum Gasteiger partial charge on any atom is 0.214 e. The minimum absolute atomic E-state index is 0.140. The number of allylic oxidation sites excluding steroid dienone is 1. The number of imidazole rings is 1. The second kappa shape index (κ2) is 4.27. The van der Waals surface area contributed by atoms with Crippen molar-refractivity contribution in [3.8, 4) is 0 Å². The molecule has 100 valence electrons. The van der Waals surface area contributed by atoms with E-state index in [0.717, 1.165) is 5.57 Å². The third-order valence-electron chi connectivity index (χ3n) is 3.39. The van der Waals surface area contributed by atoms with Gasteiger partial charge in [-0.15, -0.1) is 0 Å². The molecule has 2 aromatic rings. The zero-order valence-electron chi connectivity index (χ0n) is 11.6. The van der Waals surface area contributed by atoms with Crippen molar-refractivity contribution in [3.05, 3.63) is 58.2 Å². The van der Waals surface area contributed by atoms with Gasteiger partial charge in [-0.05, 0) is 19.9 Å². The molecular weight excluding hydrogens is 252 g/mol. The quantitative estimate of drug-likeness (QED) is 0.680. The van der Waals surface area contributed by atoms with Crippen LogP contribution in [0.5, 0.6) is 0 Å². The molecule has 20 heavy (non-hydrogen) atoms. The fraction of sp³-hybridized carbons (Fsp3) is 0.188. The zero-order chi connectivity index (χ0) is 14.4. The summed E-state index contributed by atoms with van der Waals surface area (Å²) in [5, 5.41) is 0. The van der Waals surface area contributed by atoms with Crippen LogP contribution in [0, 0.1) is 0 Å². The van der Waals surface area contributed by atoms with Crippen molar-refractivity contribution in [1.29, 1.82) is 0 Å². The van der Waals surface area contributed by atoms with E-state index in [1.54, 1.807) is 35.9 Å². The molecule has 0 N–H and O–H groups in total. The molecule has 0 saturated carbocycles. The molecular formula is C16H14N2O2. The largest absolute Gasteiger partial charge is 0.324 e. The first-order valence-corrected chi connectivity index (χ1v) is 6.40. The molecule has 1 aliphatic carbocycles. The lowest BCUT2D eigenvalue weighted by Crippen LogP contribution is -2.22. The number of aromatic nitrogens is 2. The Hall–Kier alpha value is -2.49. The van der Waals surface area contributed by atoms with E-state index in [4.69, 9.17) is 0 Å². The summed E-state index contributed by atoms with van der Waals surface area (Å²) in [6.45, 7) is 3.90. The van der Waals surface area contributed by atoms with Gasteiger partial charge in [-0.25, -0.2) is 4.98 Å². The van der Waals surface area contributed by atoms with E-state index in [1.807, 2.05) is 19.9 Å².